The number of amides is 1. The van der Waals surface area contributed by atoms with Gasteiger partial charge in [-0.15, -0.1) is 0 Å². The molecular weight excluding hydrogens is 237 g/mol. The Morgan fingerprint density at radius 2 is 2.17 bits per heavy atom. The van der Waals surface area contributed by atoms with E-state index in [2.05, 4.69) is 5.32 Å². The fourth-order valence-electron chi connectivity index (χ4n) is 2.07. The van der Waals surface area contributed by atoms with Crippen molar-refractivity contribution in [2.75, 3.05) is 5.32 Å². The number of nitrogens with one attached hydrogen (secondary N) is 1. The second-order valence-electron chi connectivity index (χ2n) is 4.40. The van der Waals surface area contributed by atoms with Crippen molar-refractivity contribution in [3.05, 3.63) is 29.1 Å². The van der Waals surface area contributed by atoms with Gasteiger partial charge in [-0.05, 0) is 36.5 Å². The zero-order chi connectivity index (χ0) is 13.1. The lowest BCUT2D eigenvalue weighted by Crippen LogP contribution is -2.19. The molecule has 0 spiro atoms. The molecule has 0 fully saturated rings. The van der Waals surface area contributed by atoms with Crippen LogP contribution >= 0.6 is 0 Å². The lowest BCUT2D eigenvalue weighted by Gasteiger charge is -2.18. The van der Waals surface area contributed by atoms with Gasteiger partial charge in [0.15, 0.2) is 0 Å². The van der Waals surface area contributed by atoms with Crippen molar-refractivity contribution in [2.24, 2.45) is 0 Å². The van der Waals surface area contributed by atoms with Crippen LogP contribution in [0.15, 0.2) is 12.1 Å². The number of anilines is 1. The standard InChI is InChI=1S/C13H14FNO3/c14-10-7-11-9(4-5-12(16)15-11)6-8(10)2-1-3-13(17)18/h6-7H,1-5H2,(H,15,16)(H,17,18). The van der Waals surface area contributed by atoms with Crippen molar-refractivity contribution in [2.45, 2.75) is 32.1 Å². The molecule has 1 aromatic rings. The van der Waals surface area contributed by atoms with Gasteiger partial charge < -0.3 is 10.4 Å². The van der Waals surface area contributed by atoms with Gasteiger partial charge in [0.2, 0.25) is 5.91 Å². The molecule has 2 N–H and O–H groups in total. The fourth-order valence-corrected chi connectivity index (χ4v) is 2.07. The molecule has 0 aromatic heterocycles. The molecule has 1 aliphatic heterocycles. The molecule has 18 heavy (non-hydrogen) atoms. The first-order valence-corrected chi connectivity index (χ1v) is 5.89. The minimum absolute atomic E-state index is 0.0350. The number of hydrogen-bond acceptors (Lipinski definition) is 2. The predicted octanol–water partition coefficient (Wildman–Crippen LogP) is 2.12. The van der Waals surface area contributed by atoms with E-state index in [1.807, 2.05) is 0 Å². The van der Waals surface area contributed by atoms with Gasteiger partial charge in [0.25, 0.3) is 0 Å². The Balaban J connectivity index is 2.12. The molecule has 0 unspecified atom stereocenters. The number of aryl methyl sites for hydroxylation is 2. The Morgan fingerprint density at radius 1 is 1.39 bits per heavy atom. The van der Waals surface area contributed by atoms with Crippen LogP contribution in [-0.2, 0) is 22.4 Å². The highest BCUT2D eigenvalue weighted by Gasteiger charge is 2.17. The Morgan fingerprint density at radius 3 is 2.89 bits per heavy atom. The summed E-state index contributed by atoms with van der Waals surface area (Å²) < 4.78 is 13.7. The Bertz CT molecular complexity index is 499. The molecule has 0 aliphatic carbocycles. The Kier molecular flexibility index (Phi) is 3.60. The summed E-state index contributed by atoms with van der Waals surface area (Å²) in [6.07, 6.45) is 1.87. The van der Waals surface area contributed by atoms with E-state index < -0.39 is 5.97 Å². The van der Waals surface area contributed by atoms with Gasteiger partial charge in [-0.3, -0.25) is 9.59 Å². The maximum absolute atomic E-state index is 13.7. The van der Waals surface area contributed by atoms with Crippen LogP contribution in [-0.4, -0.2) is 17.0 Å². The van der Waals surface area contributed by atoms with Crippen LogP contribution in [0.25, 0.3) is 0 Å². The molecule has 0 radical (unpaired) electrons. The van der Waals surface area contributed by atoms with Crippen LogP contribution < -0.4 is 5.32 Å². The van der Waals surface area contributed by atoms with Crippen LogP contribution in [0.3, 0.4) is 0 Å². The first kappa shape index (κ1) is 12.5. The third-order valence-electron chi connectivity index (χ3n) is 3.00. The minimum atomic E-state index is -0.874. The summed E-state index contributed by atoms with van der Waals surface area (Å²) in [5.41, 5.74) is 1.97. The quantitative estimate of drug-likeness (QED) is 0.861. The molecule has 2 rings (SSSR count). The zero-order valence-electron chi connectivity index (χ0n) is 9.83. The van der Waals surface area contributed by atoms with Crippen molar-refractivity contribution in [1.29, 1.82) is 0 Å². The van der Waals surface area contributed by atoms with Gasteiger partial charge in [-0.25, -0.2) is 4.39 Å². The number of hydrogen-bond donors (Lipinski definition) is 2. The van der Waals surface area contributed by atoms with E-state index in [-0.39, 0.29) is 18.1 Å². The van der Waals surface area contributed by atoms with Crippen LogP contribution in [0.2, 0.25) is 0 Å². The van der Waals surface area contributed by atoms with E-state index in [0.29, 0.717) is 36.9 Å². The number of fused-ring (bicyclic) bond motifs is 1. The number of aliphatic carboxylic acids is 1. The fraction of sp³-hybridized carbons (Fsp3) is 0.385. The van der Waals surface area contributed by atoms with Crippen LogP contribution in [0, 0.1) is 5.82 Å². The molecule has 0 atom stereocenters. The normalized spacial score (nSPS) is 13.9. The third kappa shape index (κ3) is 2.85. The largest absolute Gasteiger partial charge is 0.481 e. The van der Waals surface area contributed by atoms with Gasteiger partial charge in [0.1, 0.15) is 5.82 Å². The first-order chi connectivity index (χ1) is 8.56. The number of halogens is 1. The molecule has 96 valence electrons. The topological polar surface area (TPSA) is 66.4 Å². The highest BCUT2D eigenvalue weighted by Crippen LogP contribution is 2.26. The molecular formula is C13H14FNO3. The maximum atomic E-state index is 13.7. The summed E-state index contributed by atoms with van der Waals surface area (Å²) >= 11 is 0. The van der Waals surface area contributed by atoms with E-state index in [9.17, 15) is 14.0 Å². The van der Waals surface area contributed by atoms with Crippen LogP contribution in [0.4, 0.5) is 10.1 Å². The van der Waals surface area contributed by atoms with E-state index in [0.717, 1.165) is 5.56 Å². The van der Waals surface area contributed by atoms with E-state index in [4.69, 9.17) is 5.11 Å². The van der Waals surface area contributed by atoms with Crippen molar-refractivity contribution >= 4 is 17.6 Å². The molecule has 5 heteroatoms. The second-order valence-corrected chi connectivity index (χ2v) is 4.40. The van der Waals surface area contributed by atoms with Crippen LogP contribution in [0.1, 0.15) is 30.4 Å². The molecule has 0 saturated heterocycles. The van der Waals surface area contributed by atoms with Gasteiger partial charge in [0, 0.05) is 18.5 Å². The highest BCUT2D eigenvalue weighted by molar-refractivity contribution is 5.93. The molecule has 0 bridgehead atoms. The smallest absolute Gasteiger partial charge is 0.303 e. The lowest BCUT2D eigenvalue weighted by molar-refractivity contribution is -0.137. The summed E-state index contributed by atoms with van der Waals surface area (Å²) in [6.45, 7) is 0. The van der Waals surface area contributed by atoms with Gasteiger partial charge >= 0.3 is 5.97 Å². The van der Waals surface area contributed by atoms with Crippen molar-refractivity contribution in [3.8, 4) is 0 Å². The SMILES string of the molecule is O=C(O)CCCc1cc2c(cc1F)NC(=O)CC2. The predicted molar refractivity (Wildman–Crippen MR) is 63.9 cm³/mol. The Hall–Kier alpha value is -1.91. The van der Waals surface area contributed by atoms with Crippen molar-refractivity contribution in [3.63, 3.8) is 0 Å². The summed E-state index contributed by atoms with van der Waals surface area (Å²) in [5.74, 6) is -1.36. The Labute approximate surface area is 104 Å². The minimum Gasteiger partial charge on any atom is -0.481 e. The van der Waals surface area contributed by atoms with Gasteiger partial charge in [-0.2, -0.15) is 0 Å². The van der Waals surface area contributed by atoms with E-state index >= 15 is 0 Å². The second kappa shape index (κ2) is 5.16. The van der Waals surface area contributed by atoms with Crippen LogP contribution in [0.5, 0.6) is 0 Å². The molecule has 1 aliphatic rings. The average molecular weight is 251 g/mol. The molecule has 1 amide bonds. The molecule has 1 aromatic carbocycles. The number of carboxylic acids is 1. The number of benzene rings is 1. The zero-order valence-corrected chi connectivity index (χ0v) is 9.83. The van der Waals surface area contributed by atoms with E-state index in [1.54, 1.807) is 6.07 Å². The third-order valence-corrected chi connectivity index (χ3v) is 3.00. The highest BCUT2D eigenvalue weighted by atomic mass is 19.1. The summed E-state index contributed by atoms with van der Waals surface area (Å²) in [7, 11) is 0. The lowest BCUT2D eigenvalue weighted by atomic mass is 9.97. The number of carboxylic acid groups (broad SMARTS) is 1. The average Bonchev–Trinajstić information content (AvgIpc) is 2.29. The maximum Gasteiger partial charge on any atom is 0.303 e. The number of carbonyl (C=O) groups excluding carboxylic acids is 1. The monoisotopic (exact) mass is 251 g/mol. The van der Waals surface area contributed by atoms with Crippen molar-refractivity contribution in [1.82, 2.24) is 0 Å². The summed E-state index contributed by atoms with van der Waals surface area (Å²) in [5, 5.41) is 11.2. The molecule has 4 nitrogen and oxygen atoms in total. The van der Waals surface area contributed by atoms with Gasteiger partial charge in [-0.1, -0.05) is 6.07 Å². The van der Waals surface area contributed by atoms with E-state index in [1.165, 1.54) is 6.07 Å². The summed E-state index contributed by atoms with van der Waals surface area (Å²) in [6, 6.07) is 3.05. The number of carbonyl (C=O) groups is 2. The van der Waals surface area contributed by atoms with Crippen molar-refractivity contribution < 1.29 is 19.1 Å². The number of rotatable bonds is 4. The van der Waals surface area contributed by atoms with Gasteiger partial charge in [0.05, 0.1) is 0 Å². The summed E-state index contributed by atoms with van der Waals surface area (Å²) in [4.78, 5) is 21.6. The molecule has 0 saturated carbocycles. The molecule has 1 heterocycles. The first-order valence-electron chi connectivity index (χ1n) is 5.89.